The highest BCUT2D eigenvalue weighted by Crippen LogP contribution is 2.10. The molecule has 0 unspecified atom stereocenters. The fourth-order valence-corrected chi connectivity index (χ4v) is 2.47. The van der Waals surface area contributed by atoms with Gasteiger partial charge in [-0.2, -0.15) is 0 Å². The molecule has 22 heavy (non-hydrogen) atoms. The molecule has 0 atom stereocenters. The number of aromatic nitrogens is 3. The van der Waals surface area contributed by atoms with Crippen LogP contribution in [0.3, 0.4) is 0 Å². The Hall–Kier alpha value is -2.63. The van der Waals surface area contributed by atoms with Crippen molar-refractivity contribution in [2.45, 2.75) is 25.4 Å². The summed E-state index contributed by atoms with van der Waals surface area (Å²) in [6.45, 7) is 0.564. The van der Waals surface area contributed by atoms with Gasteiger partial charge in [0.1, 0.15) is 6.33 Å². The molecule has 114 valence electrons. The van der Waals surface area contributed by atoms with E-state index < -0.39 is 0 Å². The number of aliphatic imine (C=N–C) groups is 1. The van der Waals surface area contributed by atoms with Gasteiger partial charge in [-0.15, -0.1) is 10.2 Å². The van der Waals surface area contributed by atoms with E-state index >= 15 is 0 Å². The van der Waals surface area contributed by atoms with E-state index in [9.17, 15) is 0 Å². The first-order valence-corrected chi connectivity index (χ1v) is 7.43. The maximum Gasteiger partial charge on any atom is 0.191 e. The van der Waals surface area contributed by atoms with Gasteiger partial charge in [0.2, 0.25) is 0 Å². The van der Waals surface area contributed by atoms with Crippen LogP contribution in [0.15, 0.2) is 53.8 Å². The molecule has 0 radical (unpaired) electrons. The van der Waals surface area contributed by atoms with E-state index in [-0.39, 0.29) is 0 Å². The van der Waals surface area contributed by atoms with Gasteiger partial charge in [-0.05, 0) is 25.0 Å². The zero-order valence-electron chi connectivity index (χ0n) is 12.6. The van der Waals surface area contributed by atoms with E-state index in [1.807, 2.05) is 34.9 Å². The van der Waals surface area contributed by atoms with Gasteiger partial charge in [-0.3, -0.25) is 9.56 Å². The largest absolute Gasteiger partial charge is 0.353 e. The van der Waals surface area contributed by atoms with Crippen LogP contribution >= 0.6 is 0 Å². The molecular formula is C16H20N6. The van der Waals surface area contributed by atoms with Crippen LogP contribution in [0.25, 0.3) is 5.69 Å². The number of guanidine groups is 1. The van der Waals surface area contributed by atoms with Crippen LogP contribution in [0.5, 0.6) is 0 Å². The van der Waals surface area contributed by atoms with Crippen molar-refractivity contribution in [1.82, 2.24) is 25.4 Å². The third kappa shape index (κ3) is 3.33. The highest BCUT2D eigenvalue weighted by atomic mass is 15.3. The number of nitrogens with one attached hydrogen (secondary N) is 2. The van der Waals surface area contributed by atoms with E-state index in [0.29, 0.717) is 12.6 Å². The van der Waals surface area contributed by atoms with Crippen LogP contribution in [0, 0.1) is 0 Å². The van der Waals surface area contributed by atoms with E-state index in [2.05, 4.69) is 38.0 Å². The molecule has 0 bridgehead atoms. The van der Waals surface area contributed by atoms with Crippen LogP contribution in [0.2, 0.25) is 0 Å². The Morgan fingerprint density at radius 2 is 2.05 bits per heavy atom. The Morgan fingerprint density at radius 1 is 1.27 bits per heavy atom. The quantitative estimate of drug-likeness (QED) is 0.511. The van der Waals surface area contributed by atoms with E-state index in [4.69, 9.17) is 0 Å². The summed E-state index contributed by atoms with van der Waals surface area (Å²) in [5.74, 6) is 1.63. The summed E-state index contributed by atoms with van der Waals surface area (Å²) in [5, 5.41) is 14.9. The predicted molar refractivity (Wildman–Crippen MR) is 86.9 cm³/mol. The van der Waals surface area contributed by atoms with Crippen molar-refractivity contribution in [2.75, 3.05) is 7.05 Å². The molecule has 2 N–H and O–H groups in total. The molecule has 1 aromatic heterocycles. The molecule has 6 heteroatoms. The van der Waals surface area contributed by atoms with Crippen LogP contribution < -0.4 is 10.6 Å². The molecular weight excluding hydrogens is 276 g/mol. The highest BCUT2D eigenvalue weighted by Gasteiger charge is 2.12. The third-order valence-corrected chi connectivity index (χ3v) is 3.64. The van der Waals surface area contributed by atoms with Gasteiger partial charge < -0.3 is 10.6 Å². The standard InChI is InChI=1S/C16H20N6/c1-17-16(20-13-7-5-6-8-13)18-11-15-21-19-12-22(15)14-9-3-2-4-10-14/h2-6,9-10,12-13H,7-8,11H2,1H3,(H2,17,18,20). The second kappa shape index (κ2) is 6.89. The number of hydrogen-bond donors (Lipinski definition) is 2. The van der Waals surface area contributed by atoms with Gasteiger partial charge in [0.05, 0.1) is 6.54 Å². The van der Waals surface area contributed by atoms with E-state index in [1.165, 1.54) is 0 Å². The van der Waals surface area contributed by atoms with E-state index in [0.717, 1.165) is 30.3 Å². The fourth-order valence-electron chi connectivity index (χ4n) is 2.47. The van der Waals surface area contributed by atoms with Crippen molar-refractivity contribution in [3.63, 3.8) is 0 Å². The van der Waals surface area contributed by atoms with Crippen molar-refractivity contribution in [3.05, 3.63) is 54.6 Å². The summed E-state index contributed by atoms with van der Waals surface area (Å²) >= 11 is 0. The molecule has 2 aromatic rings. The van der Waals surface area contributed by atoms with Crippen molar-refractivity contribution in [1.29, 1.82) is 0 Å². The van der Waals surface area contributed by atoms with Gasteiger partial charge in [0, 0.05) is 18.8 Å². The monoisotopic (exact) mass is 296 g/mol. The highest BCUT2D eigenvalue weighted by molar-refractivity contribution is 5.80. The van der Waals surface area contributed by atoms with Gasteiger partial charge in [-0.25, -0.2) is 0 Å². The van der Waals surface area contributed by atoms with Crippen LogP contribution in [0.1, 0.15) is 18.7 Å². The molecule has 1 aliphatic carbocycles. The first-order chi connectivity index (χ1) is 10.9. The molecule has 1 aromatic carbocycles. The number of rotatable bonds is 4. The van der Waals surface area contributed by atoms with Gasteiger partial charge in [0.25, 0.3) is 0 Å². The Balaban J connectivity index is 1.63. The van der Waals surface area contributed by atoms with Crippen molar-refractivity contribution >= 4 is 5.96 Å². The van der Waals surface area contributed by atoms with Gasteiger partial charge in [0.15, 0.2) is 11.8 Å². The number of hydrogen-bond acceptors (Lipinski definition) is 3. The van der Waals surface area contributed by atoms with Gasteiger partial charge in [-0.1, -0.05) is 30.4 Å². The third-order valence-electron chi connectivity index (χ3n) is 3.64. The summed E-state index contributed by atoms with van der Waals surface area (Å²) in [4.78, 5) is 4.26. The molecule has 0 saturated carbocycles. The average Bonchev–Trinajstić information content (AvgIpc) is 3.23. The lowest BCUT2D eigenvalue weighted by molar-refractivity contribution is 0.628. The van der Waals surface area contributed by atoms with Gasteiger partial charge >= 0.3 is 0 Å². The van der Waals surface area contributed by atoms with E-state index in [1.54, 1.807) is 13.4 Å². The summed E-state index contributed by atoms with van der Waals surface area (Å²) in [6.07, 6.45) is 8.19. The summed E-state index contributed by atoms with van der Waals surface area (Å²) in [6, 6.07) is 10.5. The first kappa shape index (κ1) is 14.3. The average molecular weight is 296 g/mol. The normalized spacial score (nSPS) is 15.2. The maximum absolute atomic E-state index is 4.26. The lowest BCUT2D eigenvalue weighted by Gasteiger charge is -2.16. The molecule has 1 heterocycles. The number of nitrogens with zero attached hydrogens (tertiary/aromatic N) is 4. The topological polar surface area (TPSA) is 67.1 Å². The molecule has 0 spiro atoms. The minimum absolute atomic E-state index is 0.429. The van der Waals surface area contributed by atoms with Crippen molar-refractivity contribution in [2.24, 2.45) is 4.99 Å². The zero-order chi connectivity index (χ0) is 15.2. The molecule has 0 fully saturated rings. The lowest BCUT2D eigenvalue weighted by Crippen LogP contribution is -2.42. The molecule has 0 saturated heterocycles. The number of para-hydroxylation sites is 1. The minimum atomic E-state index is 0.429. The molecule has 6 nitrogen and oxygen atoms in total. The lowest BCUT2D eigenvalue weighted by atomic mass is 10.2. The second-order valence-electron chi connectivity index (χ2n) is 5.16. The summed E-state index contributed by atoms with van der Waals surface area (Å²) in [7, 11) is 1.78. The maximum atomic E-state index is 4.26. The molecule has 1 aliphatic rings. The van der Waals surface area contributed by atoms with Crippen molar-refractivity contribution < 1.29 is 0 Å². The Bertz CT molecular complexity index is 650. The summed E-state index contributed by atoms with van der Waals surface area (Å²) < 4.78 is 1.97. The van der Waals surface area contributed by atoms with Crippen LogP contribution in [-0.4, -0.2) is 33.8 Å². The zero-order valence-corrected chi connectivity index (χ0v) is 12.6. The Labute approximate surface area is 130 Å². The van der Waals surface area contributed by atoms with Crippen LogP contribution in [0.4, 0.5) is 0 Å². The molecule has 0 aliphatic heterocycles. The second-order valence-corrected chi connectivity index (χ2v) is 5.16. The number of benzene rings is 1. The molecule has 0 amide bonds. The first-order valence-electron chi connectivity index (χ1n) is 7.43. The Kier molecular flexibility index (Phi) is 4.48. The minimum Gasteiger partial charge on any atom is -0.353 e. The SMILES string of the molecule is CN=C(NCc1nncn1-c1ccccc1)NC1CC=CC1. The predicted octanol–water partition coefficient (Wildman–Crippen LogP) is 1.65. The smallest absolute Gasteiger partial charge is 0.191 e. The Morgan fingerprint density at radius 3 is 2.77 bits per heavy atom. The molecule has 3 rings (SSSR count). The van der Waals surface area contributed by atoms with Crippen molar-refractivity contribution in [3.8, 4) is 5.69 Å². The van der Waals surface area contributed by atoms with Crippen LogP contribution in [-0.2, 0) is 6.54 Å². The fraction of sp³-hybridized carbons (Fsp3) is 0.312. The summed E-state index contributed by atoms with van der Waals surface area (Å²) in [5.41, 5.74) is 1.05.